The number of carbonyl (C=O) groups is 3. The van der Waals surface area contributed by atoms with Crippen LogP contribution in [-0.4, -0.2) is 43.6 Å². The second-order valence-corrected chi connectivity index (χ2v) is 5.03. The lowest BCUT2D eigenvalue weighted by molar-refractivity contribution is -0.150. The molecule has 0 bridgehead atoms. The fraction of sp³-hybridized carbons (Fsp3) is 0.400. The molecule has 2 N–H and O–H groups in total. The van der Waals surface area contributed by atoms with E-state index in [9.17, 15) is 14.4 Å². The van der Waals surface area contributed by atoms with Crippen LogP contribution in [0.1, 0.15) is 13.8 Å². The molecule has 1 rings (SSSR count). The Morgan fingerprint density at radius 3 is 2.65 bits per heavy atom. The monoisotopic (exact) mass is 342 g/mol. The van der Waals surface area contributed by atoms with Crippen molar-refractivity contribution in [1.29, 1.82) is 0 Å². The van der Waals surface area contributed by atoms with Gasteiger partial charge in [0.1, 0.15) is 11.8 Å². The molecule has 23 heavy (non-hydrogen) atoms. The summed E-state index contributed by atoms with van der Waals surface area (Å²) in [6.07, 6.45) is 0. The Morgan fingerprint density at radius 2 is 2.00 bits per heavy atom. The van der Waals surface area contributed by atoms with Gasteiger partial charge in [0.05, 0.1) is 0 Å². The predicted molar refractivity (Wildman–Crippen MR) is 84.2 cm³/mol. The first kappa shape index (κ1) is 18.8. The quantitative estimate of drug-likeness (QED) is 0.685. The van der Waals surface area contributed by atoms with Crippen LogP contribution in [0.25, 0.3) is 0 Å². The zero-order chi connectivity index (χ0) is 17.2. The first-order chi connectivity index (χ1) is 10.9. The number of esters is 1. The molecule has 0 heterocycles. The third-order valence-electron chi connectivity index (χ3n) is 2.64. The van der Waals surface area contributed by atoms with Gasteiger partial charge in [-0.25, -0.2) is 4.79 Å². The van der Waals surface area contributed by atoms with E-state index in [4.69, 9.17) is 21.1 Å². The van der Waals surface area contributed by atoms with E-state index in [0.29, 0.717) is 17.3 Å². The fourth-order valence-corrected chi connectivity index (χ4v) is 1.74. The van der Waals surface area contributed by atoms with E-state index in [2.05, 4.69) is 10.6 Å². The number of carbonyl (C=O) groups excluding carboxylic acids is 3. The van der Waals surface area contributed by atoms with Crippen LogP contribution in [0.4, 0.5) is 0 Å². The van der Waals surface area contributed by atoms with Crippen LogP contribution in [-0.2, 0) is 19.1 Å². The first-order valence-corrected chi connectivity index (χ1v) is 7.41. The highest BCUT2D eigenvalue weighted by Crippen LogP contribution is 2.16. The third kappa shape index (κ3) is 7.51. The van der Waals surface area contributed by atoms with Gasteiger partial charge in [0.2, 0.25) is 5.91 Å². The summed E-state index contributed by atoms with van der Waals surface area (Å²) in [6, 6.07) is 5.84. The molecule has 0 aliphatic carbocycles. The summed E-state index contributed by atoms with van der Waals surface area (Å²) in [4.78, 5) is 34.5. The Balaban J connectivity index is 2.27. The van der Waals surface area contributed by atoms with E-state index in [1.54, 1.807) is 31.2 Å². The van der Waals surface area contributed by atoms with Crippen LogP contribution in [0.3, 0.4) is 0 Å². The average molecular weight is 343 g/mol. The van der Waals surface area contributed by atoms with Crippen LogP contribution in [0, 0.1) is 0 Å². The Labute approximate surface area is 139 Å². The molecule has 0 spiro atoms. The fourth-order valence-electron chi connectivity index (χ4n) is 1.56. The van der Waals surface area contributed by atoms with Crippen LogP contribution in [0.2, 0.25) is 5.02 Å². The zero-order valence-electron chi connectivity index (χ0n) is 12.9. The molecule has 0 aromatic heterocycles. The van der Waals surface area contributed by atoms with Crippen molar-refractivity contribution in [2.45, 2.75) is 19.9 Å². The highest BCUT2D eigenvalue weighted by Gasteiger charge is 2.16. The van der Waals surface area contributed by atoms with Crippen molar-refractivity contribution in [2.75, 3.05) is 19.8 Å². The topological polar surface area (TPSA) is 93.7 Å². The molecule has 1 atom stereocenters. The van der Waals surface area contributed by atoms with Gasteiger partial charge in [-0.15, -0.1) is 0 Å². The highest BCUT2D eigenvalue weighted by atomic mass is 35.5. The number of rotatable bonds is 8. The van der Waals surface area contributed by atoms with E-state index in [-0.39, 0.29) is 12.5 Å². The number of likely N-dealkylation sites (N-methyl/N-ethyl adjacent to an activating group) is 1. The van der Waals surface area contributed by atoms with Crippen molar-refractivity contribution >= 4 is 29.4 Å². The molecule has 0 saturated carbocycles. The largest absolute Gasteiger partial charge is 0.482 e. The minimum absolute atomic E-state index is 0.309. The smallest absolute Gasteiger partial charge is 0.344 e. The lowest BCUT2D eigenvalue weighted by Crippen LogP contribution is -2.46. The van der Waals surface area contributed by atoms with Gasteiger partial charge in [0.25, 0.3) is 5.91 Å². The highest BCUT2D eigenvalue weighted by molar-refractivity contribution is 6.30. The van der Waals surface area contributed by atoms with E-state index >= 15 is 0 Å². The summed E-state index contributed by atoms with van der Waals surface area (Å²) in [7, 11) is 0. The lowest BCUT2D eigenvalue weighted by atomic mass is 10.3. The van der Waals surface area contributed by atoms with Crippen LogP contribution in [0.5, 0.6) is 5.75 Å². The number of benzene rings is 1. The Bertz CT molecular complexity index is 565. The molecule has 0 radical (unpaired) electrons. The molecule has 7 nitrogen and oxygen atoms in total. The minimum Gasteiger partial charge on any atom is -0.482 e. The summed E-state index contributed by atoms with van der Waals surface area (Å²) in [5.41, 5.74) is 0. The summed E-state index contributed by atoms with van der Waals surface area (Å²) in [6.45, 7) is 2.94. The standard InChI is InChI=1S/C15H19ClN2O5/c1-3-17-15(21)10(2)18-13(19)8-23-14(20)9-22-12-6-4-5-11(16)7-12/h4-7,10H,3,8-9H2,1-2H3,(H,17,21)(H,18,19)/t10-/m1/s1. The molecule has 1 aromatic rings. The SMILES string of the molecule is CCNC(=O)[C@@H](C)NC(=O)COC(=O)COc1cccc(Cl)c1. The van der Waals surface area contributed by atoms with Crippen LogP contribution in [0.15, 0.2) is 24.3 Å². The second kappa shape index (κ2) is 9.68. The van der Waals surface area contributed by atoms with Gasteiger partial charge in [0, 0.05) is 11.6 Å². The number of ether oxygens (including phenoxy) is 2. The third-order valence-corrected chi connectivity index (χ3v) is 2.87. The molecule has 0 unspecified atom stereocenters. The van der Waals surface area contributed by atoms with Gasteiger partial charge in [-0.1, -0.05) is 17.7 Å². The predicted octanol–water partition coefficient (Wildman–Crippen LogP) is 0.903. The maximum atomic E-state index is 11.6. The summed E-state index contributed by atoms with van der Waals surface area (Å²) in [5.74, 6) is -1.16. The van der Waals surface area contributed by atoms with Crippen molar-refractivity contribution in [2.24, 2.45) is 0 Å². The Kier molecular flexibility index (Phi) is 7.90. The van der Waals surface area contributed by atoms with E-state index in [1.165, 1.54) is 6.92 Å². The van der Waals surface area contributed by atoms with Gasteiger partial charge in [-0.05, 0) is 32.0 Å². The van der Waals surface area contributed by atoms with Crippen molar-refractivity contribution < 1.29 is 23.9 Å². The molecule has 0 saturated heterocycles. The zero-order valence-corrected chi connectivity index (χ0v) is 13.7. The summed E-state index contributed by atoms with van der Waals surface area (Å²) < 4.78 is 9.93. The van der Waals surface area contributed by atoms with E-state index < -0.39 is 24.5 Å². The molecule has 8 heteroatoms. The van der Waals surface area contributed by atoms with Gasteiger partial charge < -0.3 is 20.1 Å². The Morgan fingerprint density at radius 1 is 1.26 bits per heavy atom. The Hall–Kier alpha value is -2.28. The van der Waals surface area contributed by atoms with E-state index in [1.807, 2.05) is 0 Å². The number of nitrogens with one attached hydrogen (secondary N) is 2. The van der Waals surface area contributed by atoms with Gasteiger partial charge in [0.15, 0.2) is 13.2 Å². The molecule has 1 aromatic carbocycles. The second-order valence-electron chi connectivity index (χ2n) is 4.59. The molecule has 2 amide bonds. The van der Waals surface area contributed by atoms with Crippen molar-refractivity contribution in [3.63, 3.8) is 0 Å². The summed E-state index contributed by atoms with van der Waals surface area (Å²) in [5, 5.41) is 5.46. The summed E-state index contributed by atoms with van der Waals surface area (Å²) >= 11 is 5.78. The molecule has 0 aliphatic rings. The molecule has 0 aliphatic heterocycles. The first-order valence-electron chi connectivity index (χ1n) is 7.03. The molecule has 0 fully saturated rings. The van der Waals surface area contributed by atoms with Crippen molar-refractivity contribution in [1.82, 2.24) is 10.6 Å². The number of halogens is 1. The number of amides is 2. The van der Waals surface area contributed by atoms with Crippen molar-refractivity contribution in [3.8, 4) is 5.75 Å². The molecular weight excluding hydrogens is 324 g/mol. The average Bonchev–Trinajstić information content (AvgIpc) is 2.51. The maximum Gasteiger partial charge on any atom is 0.344 e. The van der Waals surface area contributed by atoms with Gasteiger partial charge >= 0.3 is 5.97 Å². The lowest BCUT2D eigenvalue weighted by Gasteiger charge is -2.13. The maximum absolute atomic E-state index is 11.6. The number of hydrogen-bond donors (Lipinski definition) is 2. The molecule has 126 valence electrons. The van der Waals surface area contributed by atoms with Gasteiger partial charge in [-0.2, -0.15) is 0 Å². The van der Waals surface area contributed by atoms with Gasteiger partial charge in [-0.3, -0.25) is 9.59 Å². The number of hydrogen-bond acceptors (Lipinski definition) is 5. The van der Waals surface area contributed by atoms with Crippen LogP contribution >= 0.6 is 11.6 Å². The minimum atomic E-state index is -0.705. The van der Waals surface area contributed by atoms with Crippen LogP contribution < -0.4 is 15.4 Å². The normalized spacial score (nSPS) is 11.3. The molecular formula is C15H19ClN2O5. The van der Waals surface area contributed by atoms with Crippen molar-refractivity contribution in [3.05, 3.63) is 29.3 Å². The van der Waals surface area contributed by atoms with E-state index in [0.717, 1.165) is 0 Å².